The minimum atomic E-state index is -0.191. The third-order valence-electron chi connectivity index (χ3n) is 7.88. The van der Waals surface area contributed by atoms with Gasteiger partial charge in [0, 0.05) is 38.4 Å². The van der Waals surface area contributed by atoms with Gasteiger partial charge in [0.25, 0.3) is 0 Å². The van der Waals surface area contributed by atoms with E-state index < -0.39 is 0 Å². The molecular formula is C31H50O7. The molecule has 0 aromatic carbocycles. The lowest BCUT2D eigenvalue weighted by Gasteiger charge is -2.30. The van der Waals surface area contributed by atoms with Gasteiger partial charge in [0.05, 0.1) is 19.3 Å². The van der Waals surface area contributed by atoms with Crippen LogP contribution in [-0.2, 0) is 33.3 Å². The molecule has 3 rings (SSSR count). The molecule has 0 spiro atoms. The fraction of sp³-hybridized carbons (Fsp3) is 0.806. The molecule has 3 fully saturated rings. The molecule has 0 N–H and O–H groups in total. The van der Waals surface area contributed by atoms with Crippen molar-refractivity contribution in [1.29, 1.82) is 0 Å². The normalized spacial score (nSPS) is 30.3. The van der Waals surface area contributed by atoms with Crippen molar-refractivity contribution in [2.45, 2.75) is 128 Å². The topological polar surface area (TPSA) is 80.3 Å². The Kier molecular flexibility index (Phi) is 14.6. The van der Waals surface area contributed by atoms with E-state index in [2.05, 4.69) is 25.2 Å². The van der Waals surface area contributed by atoms with E-state index in [0.717, 1.165) is 96.7 Å². The molecular weight excluding hydrogens is 484 g/mol. The lowest BCUT2D eigenvalue weighted by Crippen LogP contribution is -2.31. The Morgan fingerprint density at radius 1 is 0.868 bits per heavy atom. The Morgan fingerprint density at radius 2 is 1.58 bits per heavy atom. The van der Waals surface area contributed by atoms with Crippen molar-refractivity contribution in [3.63, 3.8) is 0 Å². The number of hydrogen-bond donors (Lipinski definition) is 0. The lowest BCUT2D eigenvalue weighted by molar-refractivity contribution is -0.203. The summed E-state index contributed by atoms with van der Waals surface area (Å²) in [4.78, 5) is 24.0. The molecule has 0 bridgehead atoms. The number of methoxy groups -OCH3 is 1. The van der Waals surface area contributed by atoms with Crippen LogP contribution in [0.25, 0.3) is 0 Å². The Morgan fingerprint density at radius 3 is 2.21 bits per heavy atom. The largest absolute Gasteiger partial charge is 0.469 e. The first kappa shape index (κ1) is 31.0. The highest BCUT2D eigenvalue weighted by molar-refractivity contribution is 5.89. The Labute approximate surface area is 229 Å². The second kappa shape index (κ2) is 17.9. The SMILES string of the molecule is CCCCCC(=O)/C=C/[C@@H]1[C@@H](C/C=C\CCCC(=O)OC)[C@@H](OC2CCCCO2)C[C@H]1OC1CCCCO1. The first-order valence-corrected chi connectivity index (χ1v) is 15.1. The molecule has 38 heavy (non-hydrogen) atoms. The fourth-order valence-electron chi connectivity index (χ4n) is 5.68. The van der Waals surface area contributed by atoms with Crippen LogP contribution in [0.15, 0.2) is 24.3 Å². The van der Waals surface area contributed by atoms with E-state index in [0.29, 0.717) is 12.8 Å². The third-order valence-corrected chi connectivity index (χ3v) is 7.88. The van der Waals surface area contributed by atoms with Gasteiger partial charge in [0.2, 0.25) is 0 Å². The zero-order chi connectivity index (χ0) is 27.0. The maximum atomic E-state index is 12.6. The fourth-order valence-corrected chi connectivity index (χ4v) is 5.68. The van der Waals surface area contributed by atoms with Gasteiger partial charge in [-0.15, -0.1) is 0 Å². The number of ketones is 1. The summed E-state index contributed by atoms with van der Waals surface area (Å²) in [5.41, 5.74) is 0. The van der Waals surface area contributed by atoms with Gasteiger partial charge in [-0.1, -0.05) is 38.0 Å². The van der Waals surface area contributed by atoms with E-state index in [4.69, 9.17) is 23.7 Å². The number of carbonyl (C=O) groups excluding carboxylic acids is 2. The molecule has 0 aromatic rings. The molecule has 0 aromatic heterocycles. The monoisotopic (exact) mass is 534 g/mol. The van der Waals surface area contributed by atoms with Crippen LogP contribution in [-0.4, -0.2) is 56.9 Å². The predicted molar refractivity (Wildman–Crippen MR) is 146 cm³/mol. The Balaban J connectivity index is 1.70. The number of unbranched alkanes of at least 4 members (excludes halogenated alkanes) is 3. The standard InChI is InChI=1S/C31H50O7/c1-3-4-7-14-24(32)19-20-26-25(15-8-5-6-9-16-29(33)34-2)27(37-30-17-10-12-21-35-30)23-28(26)38-31-18-11-13-22-36-31/h5,8,19-20,25-28,30-31H,3-4,6-7,9-18,21-23H2,1-2H3/b8-5-,20-19+/t25-,26-,27+,28-,30?,31?/m1/s1. The summed E-state index contributed by atoms with van der Waals surface area (Å²) in [5.74, 6) is 0.242. The number of hydrogen-bond acceptors (Lipinski definition) is 7. The average molecular weight is 535 g/mol. The first-order valence-electron chi connectivity index (χ1n) is 15.1. The molecule has 7 nitrogen and oxygen atoms in total. The molecule has 2 aliphatic heterocycles. The van der Waals surface area contributed by atoms with Gasteiger partial charge < -0.3 is 23.7 Å². The minimum Gasteiger partial charge on any atom is -0.469 e. The van der Waals surface area contributed by atoms with Crippen LogP contribution in [0.4, 0.5) is 0 Å². The lowest BCUT2D eigenvalue weighted by atomic mass is 9.89. The number of rotatable bonds is 16. The number of carbonyl (C=O) groups is 2. The summed E-state index contributed by atoms with van der Waals surface area (Å²) in [6, 6.07) is 0. The summed E-state index contributed by atoms with van der Waals surface area (Å²) in [7, 11) is 1.42. The maximum absolute atomic E-state index is 12.6. The van der Waals surface area contributed by atoms with Gasteiger partial charge in [-0.25, -0.2) is 0 Å². The molecule has 216 valence electrons. The van der Waals surface area contributed by atoms with Gasteiger partial charge in [-0.2, -0.15) is 0 Å². The maximum Gasteiger partial charge on any atom is 0.305 e. The molecule has 2 saturated heterocycles. The average Bonchev–Trinajstić information content (AvgIpc) is 3.25. The van der Waals surface area contributed by atoms with Gasteiger partial charge >= 0.3 is 5.97 Å². The van der Waals surface area contributed by atoms with Crippen LogP contribution >= 0.6 is 0 Å². The molecule has 1 aliphatic carbocycles. The smallest absolute Gasteiger partial charge is 0.305 e. The van der Waals surface area contributed by atoms with Crippen molar-refractivity contribution in [1.82, 2.24) is 0 Å². The molecule has 0 amide bonds. The van der Waals surface area contributed by atoms with Crippen LogP contribution in [0.5, 0.6) is 0 Å². The highest BCUT2D eigenvalue weighted by Crippen LogP contribution is 2.42. The van der Waals surface area contributed by atoms with Gasteiger partial charge in [0.15, 0.2) is 18.4 Å². The summed E-state index contributed by atoms with van der Waals surface area (Å²) in [5, 5.41) is 0. The van der Waals surface area contributed by atoms with Crippen molar-refractivity contribution in [3.05, 3.63) is 24.3 Å². The van der Waals surface area contributed by atoms with E-state index in [-0.39, 0.29) is 48.4 Å². The zero-order valence-corrected chi connectivity index (χ0v) is 23.7. The van der Waals surface area contributed by atoms with Crippen LogP contribution in [0.2, 0.25) is 0 Å². The van der Waals surface area contributed by atoms with E-state index in [1.807, 2.05) is 0 Å². The van der Waals surface area contributed by atoms with Crippen LogP contribution in [0, 0.1) is 11.8 Å². The van der Waals surface area contributed by atoms with Crippen molar-refractivity contribution < 1.29 is 33.3 Å². The molecule has 6 atom stereocenters. The molecule has 1 saturated carbocycles. The van der Waals surface area contributed by atoms with Crippen LogP contribution < -0.4 is 0 Å². The minimum absolute atomic E-state index is 0.0174. The highest BCUT2D eigenvalue weighted by Gasteiger charge is 2.45. The summed E-state index contributed by atoms with van der Waals surface area (Å²) >= 11 is 0. The molecule has 7 heteroatoms. The zero-order valence-electron chi connectivity index (χ0n) is 23.7. The van der Waals surface area contributed by atoms with Crippen molar-refractivity contribution in [2.24, 2.45) is 11.8 Å². The van der Waals surface area contributed by atoms with Crippen LogP contribution in [0.3, 0.4) is 0 Å². The van der Waals surface area contributed by atoms with E-state index >= 15 is 0 Å². The molecule has 2 heterocycles. The Hall–Kier alpha value is -1.54. The Bertz CT molecular complexity index is 737. The predicted octanol–water partition coefficient (Wildman–Crippen LogP) is 6.44. The third kappa shape index (κ3) is 10.9. The van der Waals surface area contributed by atoms with E-state index in [1.54, 1.807) is 6.08 Å². The molecule has 0 radical (unpaired) electrons. The van der Waals surface area contributed by atoms with Gasteiger partial charge in [0.1, 0.15) is 0 Å². The van der Waals surface area contributed by atoms with Crippen molar-refractivity contribution >= 4 is 11.8 Å². The summed E-state index contributed by atoms with van der Waals surface area (Å²) in [6.45, 7) is 3.63. The van der Waals surface area contributed by atoms with E-state index in [9.17, 15) is 9.59 Å². The van der Waals surface area contributed by atoms with E-state index in [1.165, 1.54) is 7.11 Å². The van der Waals surface area contributed by atoms with Crippen molar-refractivity contribution in [2.75, 3.05) is 20.3 Å². The number of esters is 1. The first-order chi connectivity index (χ1) is 18.6. The summed E-state index contributed by atoms with van der Waals surface area (Å²) in [6.07, 6.45) is 21.3. The van der Waals surface area contributed by atoms with Crippen LogP contribution in [0.1, 0.15) is 103 Å². The number of ether oxygens (including phenoxy) is 5. The second-order valence-corrected chi connectivity index (χ2v) is 10.9. The quantitative estimate of drug-likeness (QED) is 0.0975. The van der Waals surface area contributed by atoms with Gasteiger partial charge in [-0.05, 0) is 76.2 Å². The van der Waals surface area contributed by atoms with Gasteiger partial charge in [-0.3, -0.25) is 9.59 Å². The molecule has 3 aliphatic rings. The molecule has 2 unspecified atom stereocenters. The second-order valence-electron chi connectivity index (χ2n) is 10.9. The number of allylic oxidation sites excluding steroid dienone is 3. The summed E-state index contributed by atoms with van der Waals surface area (Å²) < 4.78 is 29.7. The van der Waals surface area contributed by atoms with Crippen molar-refractivity contribution in [3.8, 4) is 0 Å². The highest BCUT2D eigenvalue weighted by atomic mass is 16.7.